The van der Waals surface area contributed by atoms with Gasteiger partial charge >= 0.3 is 0 Å². The van der Waals surface area contributed by atoms with Crippen molar-refractivity contribution in [3.63, 3.8) is 0 Å². The maximum Gasteiger partial charge on any atom is 0.248 e. The fourth-order valence-electron chi connectivity index (χ4n) is 3.92. The Morgan fingerprint density at radius 2 is 1.23 bits per heavy atom. The van der Waals surface area contributed by atoms with Crippen LogP contribution >= 0.6 is 11.3 Å². The quantitative estimate of drug-likeness (QED) is 0.295. The Bertz CT molecular complexity index is 1530. The molecule has 2 heterocycles. The van der Waals surface area contributed by atoms with E-state index in [9.17, 15) is 0 Å². The predicted octanol–water partition coefficient (Wildman–Crippen LogP) is 7.75. The summed E-state index contributed by atoms with van der Waals surface area (Å²) >= 11 is 1.84. The average Bonchev–Trinajstić information content (AvgIpc) is 3.45. The fourth-order valence-corrected chi connectivity index (χ4v) is 5.16. The number of hydrogen-bond acceptors (Lipinski definition) is 4. The van der Waals surface area contributed by atoms with Crippen LogP contribution in [0.4, 0.5) is 0 Å². The van der Waals surface area contributed by atoms with Crippen LogP contribution in [0.25, 0.3) is 54.2 Å². The number of benzene rings is 4. The summed E-state index contributed by atoms with van der Waals surface area (Å²) in [6.07, 6.45) is 0. The first-order valence-corrected chi connectivity index (χ1v) is 11.0. The molecule has 0 atom stereocenters. The normalized spacial score (nSPS) is 11.4. The molecule has 0 spiro atoms. The summed E-state index contributed by atoms with van der Waals surface area (Å²) in [4.78, 5) is 0. The largest absolute Gasteiger partial charge is 0.416 e. The topological polar surface area (TPSA) is 38.9 Å². The van der Waals surface area contributed by atoms with E-state index >= 15 is 0 Å². The van der Waals surface area contributed by atoms with Crippen molar-refractivity contribution in [2.24, 2.45) is 0 Å². The van der Waals surface area contributed by atoms with Crippen LogP contribution in [0.15, 0.2) is 95.4 Å². The third kappa shape index (κ3) is 3.13. The van der Waals surface area contributed by atoms with Crippen LogP contribution in [0.1, 0.15) is 5.56 Å². The molecule has 4 aromatic carbocycles. The molecular weight excluding hydrogens is 400 g/mol. The Labute approximate surface area is 183 Å². The lowest BCUT2D eigenvalue weighted by Gasteiger charge is -2.04. The summed E-state index contributed by atoms with van der Waals surface area (Å²) in [6, 6.07) is 31.6. The molecule has 0 bridgehead atoms. The highest BCUT2D eigenvalue weighted by Gasteiger charge is 2.13. The smallest absolute Gasteiger partial charge is 0.248 e. The summed E-state index contributed by atoms with van der Waals surface area (Å²) in [5, 5.41) is 11.1. The predicted molar refractivity (Wildman–Crippen MR) is 128 cm³/mol. The first-order valence-electron chi connectivity index (χ1n) is 10.2. The number of rotatable bonds is 3. The van der Waals surface area contributed by atoms with Gasteiger partial charge in [0.25, 0.3) is 0 Å². The van der Waals surface area contributed by atoms with Crippen LogP contribution in [-0.2, 0) is 0 Å². The average molecular weight is 419 g/mol. The lowest BCUT2D eigenvalue weighted by Crippen LogP contribution is -1.81. The van der Waals surface area contributed by atoms with Gasteiger partial charge < -0.3 is 4.42 Å². The summed E-state index contributed by atoms with van der Waals surface area (Å²) in [5.41, 5.74) is 5.47. The number of hydrogen-bond donors (Lipinski definition) is 0. The molecule has 6 rings (SSSR count). The number of nitrogens with zero attached hydrogens (tertiary/aromatic N) is 2. The first kappa shape index (κ1) is 18.0. The van der Waals surface area contributed by atoms with Crippen molar-refractivity contribution in [3.05, 3.63) is 96.6 Å². The molecule has 4 heteroatoms. The maximum atomic E-state index is 5.93. The van der Waals surface area contributed by atoms with Crippen LogP contribution in [-0.4, -0.2) is 10.2 Å². The Kier molecular flexibility index (Phi) is 4.18. The van der Waals surface area contributed by atoms with E-state index in [1.807, 2.05) is 47.7 Å². The molecule has 0 aliphatic rings. The SMILES string of the molecule is Cc1ccc(-c2nnc(-c3ccc(-c4cccc5c4sc4ccccc45)cc3)o2)cc1. The van der Waals surface area contributed by atoms with Gasteiger partial charge in [-0.15, -0.1) is 21.5 Å². The van der Waals surface area contributed by atoms with E-state index in [0.717, 1.165) is 11.1 Å². The van der Waals surface area contributed by atoms with Crippen LogP contribution in [0.3, 0.4) is 0 Å². The van der Waals surface area contributed by atoms with Crippen molar-refractivity contribution < 1.29 is 4.42 Å². The molecule has 0 fully saturated rings. The summed E-state index contributed by atoms with van der Waals surface area (Å²) in [5.74, 6) is 1.07. The molecule has 148 valence electrons. The standard InChI is InChI=1S/C27H18N2OS/c1-17-9-11-19(12-10-17)26-28-29-27(30-26)20-15-13-18(14-16-20)21-6-4-7-23-22-5-2-3-8-24(22)31-25(21)23/h2-16H,1H3. The lowest BCUT2D eigenvalue weighted by molar-refractivity contribution is 0.584. The van der Waals surface area contributed by atoms with Crippen molar-refractivity contribution in [2.75, 3.05) is 0 Å². The van der Waals surface area contributed by atoms with Gasteiger partial charge in [-0.3, -0.25) is 0 Å². The summed E-state index contributed by atoms with van der Waals surface area (Å²) in [6.45, 7) is 2.06. The molecule has 6 aromatic rings. The summed E-state index contributed by atoms with van der Waals surface area (Å²) < 4.78 is 8.56. The second-order valence-electron chi connectivity index (χ2n) is 7.64. The highest BCUT2D eigenvalue weighted by atomic mass is 32.1. The number of aryl methyl sites for hydroxylation is 1. The van der Waals surface area contributed by atoms with Gasteiger partial charge in [-0.1, -0.05) is 66.2 Å². The van der Waals surface area contributed by atoms with E-state index in [4.69, 9.17) is 4.42 Å². The van der Waals surface area contributed by atoms with Crippen molar-refractivity contribution in [1.82, 2.24) is 10.2 Å². The minimum absolute atomic E-state index is 0.530. The van der Waals surface area contributed by atoms with Gasteiger partial charge in [0.15, 0.2) is 0 Å². The molecule has 3 nitrogen and oxygen atoms in total. The fraction of sp³-hybridized carbons (Fsp3) is 0.0370. The minimum atomic E-state index is 0.530. The van der Waals surface area contributed by atoms with Gasteiger partial charge in [0.1, 0.15) is 0 Å². The zero-order valence-electron chi connectivity index (χ0n) is 16.9. The molecule has 0 aliphatic heterocycles. The molecular formula is C27H18N2OS. The van der Waals surface area contributed by atoms with Gasteiger partial charge in [0, 0.05) is 31.3 Å². The monoisotopic (exact) mass is 418 g/mol. The van der Waals surface area contributed by atoms with E-state index < -0.39 is 0 Å². The zero-order chi connectivity index (χ0) is 20.8. The first-order chi connectivity index (χ1) is 15.3. The van der Waals surface area contributed by atoms with Crippen LogP contribution in [0.5, 0.6) is 0 Å². The van der Waals surface area contributed by atoms with Gasteiger partial charge in [-0.05, 0) is 48.4 Å². The Morgan fingerprint density at radius 1 is 0.613 bits per heavy atom. The van der Waals surface area contributed by atoms with E-state index in [-0.39, 0.29) is 0 Å². The Balaban J connectivity index is 1.37. The molecule has 31 heavy (non-hydrogen) atoms. The second kappa shape index (κ2) is 7.18. The maximum absolute atomic E-state index is 5.93. The van der Waals surface area contributed by atoms with Gasteiger partial charge in [-0.2, -0.15) is 0 Å². The van der Waals surface area contributed by atoms with Crippen LogP contribution < -0.4 is 0 Å². The van der Waals surface area contributed by atoms with Crippen LogP contribution in [0, 0.1) is 6.92 Å². The van der Waals surface area contributed by atoms with Gasteiger partial charge in [0.05, 0.1) is 0 Å². The van der Waals surface area contributed by atoms with Gasteiger partial charge in [0.2, 0.25) is 11.8 Å². The third-order valence-electron chi connectivity index (χ3n) is 5.57. The number of thiophene rings is 1. The third-order valence-corrected chi connectivity index (χ3v) is 6.79. The van der Waals surface area contributed by atoms with E-state index in [1.54, 1.807) is 0 Å². The zero-order valence-corrected chi connectivity index (χ0v) is 17.7. The highest BCUT2D eigenvalue weighted by molar-refractivity contribution is 7.26. The molecule has 0 aliphatic carbocycles. The number of aromatic nitrogens is 2. The van der Waals surface area contributed by atoms with Crippen molar-refractivity contribution in [3.8, 4) is 34.0 Å². The lowest BCUT2D eigenvalue weighted by atomic mass is 10.0. The highest BCUT2D eigenvalue weighted by Crippen LogP contribution is 2.40. The molecule has 0 amide bonds. The molecule has 0 saturated heterocycles. The van der Waals surface area contributed by atoms with Crippen LogP contribution in [0.2, 0.25) is 0 Å². The summed E-state index contributed by atoms with van der Waals surface area (Å²) in [7, 11) is 0. The van der Waals surface area contributed by atoms with E-state index in [2.05, 4.69) is 71.7 Å². The van der Waals surface area contributed by atoms with E-state index in [1.165, 1.54) is 36.9 Å². The van der Waals surface area contributed by atoms with Crippen molar-refractivity contribution in [1.29, 1.82) is 0 Å². The second-order valence-corrected chi connectivity index (χ2v) is 8.69. The molecule has 0 radical (unpaired) electrons. The van der Waals surface area contributed by atoms with Gasteiger partial charge in [-0.25, -0.2) is 0 Å². The Hall–Kier alpha value is -3.76. The van der Waals surface area contributed by atoms with E-state index in [0.29, 0.717) is 11.8 Å². The Morgan fingerprint density at radius 3 is 1.97 bits per heavy atom. The number of fused-ring (bicyclic) bond motifs is 3. The molecule has 2 aromatic heterocycles. The van der Waals surface area contributed by atoms with Crippen molar-refractivity contribution >= 4 is 31.5 Å². The van der Waals surface area contributed by atoms with Crippen molar-refractivity contribution in [2.45, 2.75) is 6.92 Å². The molecule has 0 saturated carbocycles. The molecule has 0 N–H and O–H groups in total. The molecule has 0 unspecified atom stereocenters. The minimum Gasteiger partial charge on any atom is -0.416 e.